The van der Waals surface area contributed by atoms with Gasteiger partial charge in [-0.05, 0) is 36.4 Å². The van der Waals surface area contributed by atoms with Crippen molar-refractivity contribution in [3.05, 3.63) is 53.8 Å². The first-order valence-corrected chi connectivity index (χ1v) is 5.55. The van der Waals surface area contributed by atoms with Crippen molar-refractivity contribution in [2.75, 3.05) is 5.73 Å². The summed E-state index contributed by atoms with van der Waals surface area (Å²) >= 11 is 0. The van der Waals surface area contributed by atoms with E-state index in [1.165, 1.54) is 0 Å². The van der Waals surface area contributed by atoms with E-state index >= 15 is 0 Å². The van der Waals surface area contributed by atoms with Gasteiger partial charge in [-0.2, -0.15) is 0 Å². The Morgan fingerprint density at radius 2 is 1.78 bits per heavy atom. The second-order valence-electron chi connectivity index (χ2n) is 4.41. The number of carbonyl (C=O) groups excluding carboxylic acids is 1. The zero-order chi connectivity index (χ0) is 13.3. The number of Topliss-reactive ketones (excluding diaryl/α,β-unsaturated/α-hetero) is 1. The topological polar surface area (TPSA) is 121 Å². The van der Waals surface area contributed by atoms with Crippen LogP contribution in [-0.4, -0.2) is 17.4 Å². The van der Waals surface area contributed by atoms with Crippen LogP contribution >= 0.6 is 0 Å². The summed E-state index contributed by atoms with van der Waals surface area (Å²) in [5.74, 6) is -0.255. The van der Waals surface area contributed by atoms with E-state index in [4.69, 9.17) is 22.9 Å². The molecule has 2 unspecified atom stereocenters. The third-order valence-electron chi connectivity index (χ3n) is 3.04. The first-order chi connectivity index (χ1) is 8.43. The molecule has 2 atom stereocenters. The molecule has 1 aromatic carbocycles. The lowest BCUT2D eigenvalue weighted by Crippen LogP contribution is -2.59. The van der Waals surface area contributed by atoms with Crippen molar-refractivity contribution in [3.8, 4) is 0 Å². The number of nitrogen functional groups attached to an aromatic ring is 1. The van der Waals surface area contributed by atoms with E-state index in [2.05, 4.69) is 0 Å². The normalized spacial score (nSPS) is 26.8. The van der Waals surface area contributed by atoms with E-state index < -0.39 is 11.6 Å². The Bertz CT molecular complexity index is 532. The molecule has 0 saturated carbocycles. The zero-order valence-electron chi connectivity index (χ0n) is 9.84. The van der Waals surface area contributed by atoms with Gasteiger partial charge in [-0.3, -0.25) is 4.79 Å². The van der Waals surface area contributed by atoms with Crippen LogP contribution in [0, 0.1) is 0 Å². The van der Waals surface area contributed by atoms with Gasteiger partial charge in [0.1, 0.15) is 5.54 Å². The molecule has 0 heterocycles. The van der Waals surface area contributed by atoms with Crippen LogP contribution in [0.3, 0.4) is 0 Å². The number of hydrogen-bond donors (Lipinski definition) is 4. The maximum atomic E-state index is 12.4. The Morgan fingerprint density at radius 1 is 1.17 bits per heavy atom. The highest BCUT2D eigenvalue weighted by Crippen LogP contribution is 2.21. The Labute approximate surface area is 105 Å². The zero-order valence-corrected chi connectivity index (χ0v) is 9.84. The molecular formula is C13H16N4O. The van der Waals surface area contributed by atoms with Gasteiger partial charge in [-0.15, -0.1) is 0 Å². The van der Waals surface area contributed by atoms with E-state index in [-0.39, 0.29) is 5.78 Å². The fourth-order valence-electron chi connectivity index (χ4n) is 1.86. The van der Waals surface area contributed by atoms with E-state index in [1.807, 2.05) is 0 Å². The number of allylic oxidation sites excluding steroid dienone is 1. The lowest BCUT2D eigenvalue weighted by Gasteiger charge is -2.31. The molecule has 2 rings (SSSR count). The molecule has 1 aliphatic carbocycles. The molecule has 0 bridgehead atoms. The minimum Gasteiger partial charge on any atom is -0.399 e. The van der Waals surface area contributed by atoms with Crippen molar-refractivity contribution in [3.63, 3.8) is 0 Å². The molecule has 18 heavy (non-hydrogen) atoms. The average Bonchev–Trinajstić information content (AvgIpc) is 2.34. The molecule has 0 saturated heterocycles. The number of carbonyl (C=O) groups is 1. The summed E-state index contributed by atoms with van der Waals surface area (Å²) in [6.07, 6.45) is 4.72. The maximum Gasteiger partial charge on any atom is 0.188 e. The van der Waals surface area contributed by atoms with Gasteiger partial charge in [-0.1, -0.05) is 6.08 Å². The van der Waals surface area contributed by atoms with Gasteiger partial charge in [0.2, 0.25) is 0 Å². The van der Waals surface area contributed by atoms with Crippen molar-refractivity contribution in [2.24, 2.45) is 17.2 Å². The van der Waals surface area contributed by atoms with Crippen molar-refractivity contribution in [1.29, 1.82) is 0 Å². The summed E-state index contributed by atoms with van der Waals surface area (Å²) in [4.78, 5) is 12.4. The lowest BCUT2D eigenvalue weighted by atomic mass is 9.80. The Hall–Kier alpha value is -2.11. The van der Waals surface area contributed by atoms with Gasteiger partial charge in [0, 0.05) is 16.9 Å². The second kappa shape index (κ2) is 4.29. The Balaban J connectivity index is 2.34. The van der Waals surface area contributed by atoms with Crippen LogP contribution < -0.4 is 22.9 Å². The molecule has 1 aliphatic rings. The van der Waals surface area contributed by atoms with Crippen molar-refractivity contribution in [1.82, 2.24) is 0 Å². The molecule has 5 heteroatoms. The largest absolute Gasteiger partial charge is 0.399 e. The molecule has 0 fully saturated rings. The van der Waals surface area contributed by atoms with Crippen LogP contribution in [0.5, 0.6) is 0 Å². The summed E-state index contributed by atoms with van der Waals surface area (Å²) in [6.45, 7) is 0. The number of ketones is 1. The summed E-state index contributed by atoms with van der Waals surface area (Å²) < 4.78 is 0. The molecule has 0 aromatic heterocycles. The maximum absolute atomic E-state index is 12.4. The first-order valence-electron chi connectivity index (χ1n) is 5.55. The highest BCUT2D eigenvalue weighted by atomic mass is 16.1. The summed E-state index contributed by atoms with van der Waals surface area (Å²) in [7, 11) is 0. The summed E-state index contributed by atoms with van der Waals surface area (Å²) in [5.41, 5.74) is 23.5. The number of benzene rings is 1. The van der Waals surface area contributed by atoms with Crippen molar-refractivity contribution >= 4 is 11.5 Å². The van der Waals surface area contributed by atoms with Crippen molar-refractivity contribution < 1.29 is 4.79 Å². The van der Waals surface area contributed by atoms with E-state index in [9.17, 15) is 4.79 Å². The standard InChI is InChI=1S/C13H16N4O/c14-9-3-1-8(2-4-9)12(18)13(17)6-5-10(15)7-11(13)16/h1-7,11H,14-17H2. The predicted octanol–water partition coefficient (Wildman–Crippen LogP) is -0.111. The highest BCUT2D eigenvalue weighted by Gasteiger charge is 2.38. The number of nitrogens with two attached hydrogens (primary N) is 4. The molecule has 0 spiro atoms. The van der Waals surface area contributed by atoms with E-state index in [0.29, 0.717) is 16.9 Å². The van der Waals surface area contributed by atoms with Gasteiger partial charge in [-0.25, -0.2) is 0 Å². The third-order valence-corrected chi connectivity index (χ3v) is 3.04. The fraction of sp³-hybridized carbons (Fsp3) is 0.154. The van der Waals surface area contributed by atoms with Crippen LogP contribution in [0.15, 0.2) is 48.2 Å². The summed E-state index contributed by atoms with van der Waals surface area (Å²) in [5, 5.41) is 0. The Morgan fingerprint density at radius 3 is 2.33 bits per heavy atom. The van der Waals surface area contributed by atoms with Crippen molar-refractivity contribution in [2.45, 2.75) is 11.6 Å². The quantitative estimate of drug-likeness (QED) is 0.427. The molecule has 0 radical (unpaired) electrons. The van der Waals surface area contributed by atoms with Gasteiger partial charge >= 0.3 is 0 Å². The minimum absolute atomic E-state index is 0.255. The van der Waals surface area contributed by atoms with Crippen LogP contribution in [0.2, 0.25) is 0 Å². The predicted molar refractivity (Wildman–Crippen MR) is 71.5 cm³/mol. The average molecular weight is 244 g/mol. The SMILES string of the molecule is NC1=CC(N)C(N)(C(=O)c2ccc(N)cc2)C=C1. The lowest BCUT2D eigenvalue weighted by molar-refractivity contribution is 0.0911. The minimum atomic E-state index is -1.26. The van der Waals surface area contributed by atoms with Gasteiger partial charge < -0.3 is 22.9 Å². The number of rotatable bonds is 2. The second-order valence-corrected chi connectivity index (χ2v) is 4.41. The van der Waals surface area contributed by atoms with Gasteiger partial charge in [0.15, 0.2) is 5.78 Å². The number of hydrogen-bond acceptors (Lipinski definition) is 5. The van der Waals surface area contributed by atoms with Crippen LogP contribution in [0.1, 0.15) is 10.4 Å². The smallest absolute Gasteiger partial charge is 0.188 e. The Kier molecular flexibility index (Phi) is 2.94. The van der Waals surface area contributed by atoms with E-state index in [1.54, 1.807) is 42.5 Å². The van der Waals surface area contributed by atoms with Crippen LogP contribution in [-0.2, 0) is 0 Å². The third kappa shape index (κ3) is 2.01. The molecule has 94 valence electrons. The first kappa shape index (κ1) is 12.3. The fourth-order valence-corrected chi connectivity index (χ4v) is 1.86. The monoisotopic (exact) mass is 244 g/mol. The summed E-state index contributed by atoms with van der Waals surface area (Å²) in [6, 6.07) is 5.92. The highest BCUT2D eigenvalue weighted by molar-refractivity contribution is 6.05. The molecule has 5 nitrogen and oxygen atoms in total. The molecular weight excluding hydrogens is 228 g/mol. The molecule has 1 aromatic rings. The number of anilines is 1. The molecule has 0 amide bonds. The van der Waals surface area contributed by atoms with Crippen LogP contribution in [0.4, 0.5) is 5.69 Å². The van der Waals surface area contributed by atoms with Crippen LogP contribution in [0.25, 0.3) is 0 Å². The van der Waals surface area contributed by atoms with Gasteiger partial charge in [0.25, 0.3) is 0 Å². The van der Waals surface area contributed by atoms with E-state index in [0.717, 1.165) is 0 Å². The molecule has 0 aliphatic heterocycles. The van der Waals surface area contributed by atoms with Gasteiger partial charge in [0.05, 0.1) is 6.04 Å². The molecule has 8 N–H and O–H groups in total.